The van der Waals surface area contributed by atoms with E-state index in [1.54, 1.807) is 43.3 Å². The summed E-state index contributed by atoms with van der Waals surface area (Å²) in [6.07, 6.45) is -1.16. The van der Waals surface area contributed by atoms with Crippen LogP contribution >= 0.6 is 0 Å². The molecule has 2 aromatic carbocycles. The molecule has 3 rings (SSSR count). The van der Waals surface area contributed by atoms with Crippen molar-refractivity contribution >= 4 is 23.4 Å². The number of benzene rings is 2. The normalized spacial score (nSPS) is 11.6. The minimum Gasteiger partial charge on any atom is -0.443 e. The molecule has 138 valence electrons. The number of hydrogen-bond acceptors (Lipinski definition) is 6. The molecule has 0 aliphatic carbocycles. The number of nitrogens with one attached hydrogen (secondary N) is 1. The van der Waals surface area contributed by atoms with E-state index in [2.05, 4.69) is 10.5 Å². The topological polar surface area (TPSA) is 107 Å². The van der Waals surface area contributed by atoms with Crippen LogP contribution in [0.2, 0.25) is 0 Å². The van der Waals surface area contributed by atoms with Gasteiger partial charge in [-0.05, 0) is 26.0 Å². The van der Waals surface area contributed by atoms with E-state index >= 15 is 0 Å². The Morgan fingerprint density at radius 1 is 1.07 bits per heavy atom. The third-order valence-electron chi connectivity index (χ3n) is 3.98. The van der Waals surface area contributed by atoms with Crippen molar-refractivity contribution < 1.29 is 18.8 Å². The van der Waals surface area contributed by atoms with Crippen LogP contribution in [-0.2, 0) is 9.53 Å². The van der Waals surface area contributed by atoms with Crippen LogP contribution in [0.3, 0.4) is 0 Å². The van der Waals surface area contributed by atoms with Gasteiger partial charge in [-0.1, -0.05) is 53.2 Å². The molecular weight excluding hydrogens is 346 g/mol. The molecule has 3 aromatic rings. The first kappa shape index (κ1) is 18.2. The molecule has 1 heterocycles. The molecule has 1 amide bonds. The summed E-state index contributed by atoms with van der Waals surface area (Å²) in [6, 6.07) is 16.0. The zero-order valence-corrected chi connectivity index (χ0v) is 14.9. The lowest BCUT2D eigenvalue weighted by molar-refractivity contribution is -0.125. The third-order valence-corrected chi connectivity index (χ3v) is 3.98. The van der Waals surface area contributed by atoms with Gasteiger partial charge in [0.05, 0.1) is 5.69 Å². The van der Waals surface area contributed by atoms with Gasteiger partial charge in [-0.25, -0.2) is 4.79 Å². The fraction of sp³-hybridized carbons (Fsp3) is 0.150. The average molecular weight is 365 g/mol. The maximum absolute atomic E-state index is 12.8. The Morgan fingerprint density at radius 3 is 2.33 bits per heavy atom. The van der Waals surface area contributed by atoms with Crippen molar-refractivity contribution in [2.45, 2.75) is 20.0 Å². The summed E-state index contributed by atoms with van der Waals surface area (Å²) in [5.74, 6) is -1.41. The molecule has 0 radical (unpaired) electrons. The molecule has 7 heteroatoms. The Bertz CT molecular complexity index is 930. The van der Waals surface area contributed by atoms with E-state index in [4.69, 9.17) is 15.0 Å². The van der Waals surface area contributed by atoms with Gasteiger partial charge in [-0.2, -0.15) is 0 Å². The van der Waals surface area contributed by atoms with Crippen molar-refractivity contribution in [3.05, 3.63) is 77.0 Å². The van der Waals surface area contributed by atoms with Crippen LogP contribution < -0.4 is 11.1 Å². The van der Waals surface area contributed by atoms with Crippen molar-refractivity contribution in [3.8, 4) is 0 Å². The fourth-order valence-corrected chi connectivity index (χ4v) is 2.55. The number of nitrogens with two attached hydrogens (primary N) is 1. The number of hydrogen-bond donors (Lipinski definition) is 2. The Morgan fingerprint density at radius 2 is 1.74 bits per heavy atom. The summed E-state index contributed by atoms with van der Waals surface area (Å²) in [4.78, 5) is 25.4. The highest BCUT2D eigenvalue weighted by Crippen LogP contribution is 2.24. The Hall–Kier alpha value is -3.61. The van der Waals surface area contributed by atoms with Gasteiger partial charge < -0.3 is 20.3 Å². The van der Waals surface area contributed by atoms with E-state index in [0.29, 0.717) is 16.9 Å². The molecular formula is C20H19N3O4. The van der Waals surface area contributed by atoms with Gasteiger partial charge >= 0.3 is 5.97 Å². The summed E-state index contributed by atoms with van der Waals surface area (Å²) in [6.45, 7) is 3.52. The van der Waals surface area contributed by atoms with Gasteiger partial charge in [0.1, 0.15) is 5.56 Å². The molecule has 0 aliphatic heterocycles. The number of ether oxygens (including phenoxy) is 1. The van der Waals surface area contributed by atoms with Crippen molar-refractivity contribution in [2.75, 3.05) is 11.1 Å². The molecule has 0 unspecified atom stereocenters. The highest BCUT2D eigenvalue weighted by Gasteiger charge is 2.29. The fourth-order valence-electron chi connectivity index (χ4n) is 2.55. The molecule has 0 aliphatic rings. The number of aryl methyl sites for hydroxylation is 2. The maximum Gasteiger partial charge on any atom is 0.346 e. The molecule has 0 spiro atoms. The second kappa shape index (κ2) is 7.74. The van der Waals surface area contributed by atoms with E-state index in [1.165, 1.54) is 0 Å². The Kier molecular flexibility index (Phi) is 5.21. The van der Waals surface area contributed by atoms with Crippen LogP contribution in [0.15, 0.2) is 59.1 Å². The predicted octanol–water partition coefficient (Wildman–Crippen LogP) is 3.41. The number of anilines is 2. The summed E-state index contributed by atoms with van der Waals surface area (Å²) in [5.41, 5.74) is 8.15. The Balaban J connectivity index is 1.86. The molecule has 3 N–H and O–H groups in total. The molecule has 0 fully saturated rings. The van der Waals surface area contributed by atoms with Crippen LogP contribution in [-0.4, -0.2) is 17.0 Å². The molecule has 7 nitrogen and oxygen atoms in total. The van der Waals surface area contributed by atoms with Gasteiger partial charge in [-0.3, -0.25) is 4.79 Å². The van der Waals surface area contributed by atoms with Crippen molar-refractivity contribution in [2.24, 2.45) is 0 Å². The number of carbonyl (C=O) groups excluding carboxylic acids is 2. The average Bonchev–Trinajstić information content (AvgIpc) is 3.00. The van der Waals surface area contributed by atoms with Crippen molar-refractivity contribution in [1.82, 2.24) is 5.16 Å². The second-order valence-electron chi connectivity index (χ2n) is 6.06. The van der Waals surface area contributed by atoms with Crippen LogP contribution in [0.4, 0.5) is 11.6 Å². The quantitative estimate of drug-likeness (QED) is 0.671. The van der Waals surface area contributed by atoms with Crippen LogP contribution in [0.25, 0.3) is 0 Å². The third kappa shape index (κ3) is 4.14. The highest BCUT2D eigenvalue weighted by atomic mass is 16.6. The minimum absolute atomic E-state index is 0.0130. The van der Waals surface area contributed by atoms with Crippen molar-refractivity contribution in [1.29, 1.82) is 0 Å². The summed E-state index contributed by atoms with van der Waals surface area (Å²) in [7, 11) is 0. The minimum atomic E-state index is -1.16. The lowest BCUT2D eigenvalue weighted by Crippen LogP contribution is -2.26. The maximum atomic E-state index is 12.8. The van der Waals surface area contributed by atoms with E-state index < -0.39 is 18.0 Å². The molecule has 27 heavy (non-hydrogen) atoms. The van der Waals surface area contributed by atoms with Crippen LogP contribution in [0, 0.1) is 13.8 Å². The van der Waals surface area contributed by atoms with Gasteiger partial charge in [0.2, 0.25) is 12.0 Å². The van der Waals surface area contributed by atoms with Gasteiger partial charge in [-0.15, -0.1) is 0 Å². The van der Waals surface area contributed by atoms with Crippen LogP contribution in [0.1, 0.15) is 33.3 Å². The zero-order valence-electron chi connectivity index (χ0n) is 14.9. The summed E-state index contributed by atoms with van der Waals surface area (Å²) in [5, 5.41) is 6.40. The van der Waals surface area contributed by atoms with Crippen molar-refractivity contribution in [3.63, 3.8) is 0 Å². The number of aromatic nitrogens is 1. The molecule has 1 atom stereocenters. The number of carbonyl (C=O) groups is 2. The predicted molar refractivity (Wildman–Crippen MR) is 100 cm³/mol. The van der Waals surface area contributed by atoms with Gasteiger partial charge in [0.15, 0.2) is 0 Å². The monoisotopic (exact) mass is 365 g/mol. The summed E-state index contributed by atoms with van der Waals surface area (Å²) >= 11 is 0. The van der Waals surface area contributed by atoms with E-state index in [1.807, 2.05) is 25.1 Å². The second-order valence-corrected chi connectivity index (χ2v) is 6.06. The smallest absolute Gasteiger partial charge is 0.346 e. The SMILES string of the molecule is Cc1ccc(NC(=O)[C@H](OC(=O)c2c(C)noc2N)c2ccccc2)cc1. The lowest BCUT2D eigenvalue weighted by Gasteiger charge is -2.18. The van der Waals surface area contributed by atoms with E-state index in [9.17, 15) is 9.59 Å². The largest absolute Gasteiger partial charge is 0.443 e. The first-order valence-electron chi connectivity index (χ1n) is 8.31. The van der Waals surface area contributed by atoms with Crippen LogP contribution in [0.5, 0.6) is 0 Å². The number of esters is 1. The molecule has 0 bridgehead atoms. The summed E-state index contributed by atoms with van der Waals surface area (Å²) < 4.78 is 10.3. The standard InChI is InChI=1S/C20H19N3O4/c1-12-8-10-15(11-9-12)22-19(24)17(14-6-4-3-5-7-14)26-20(25)16-13(2)23-27-18(16)21/h3-11,17H,21H2,1-2H3,(H,22,24)/t17-/m1/s1. The van der Waals surface area contributed by atoms with E-state index in [0.717, 1.165) is 5.56 Å². The number of rotatable bonds is 5. The molecule has 0 saturated heterocycles. The first-order valence-corrected chi connectivity index (χ1v) is 8.31. The van der Waals surface area contributed by atoms with Gasteiger partial charge in [0, 0.05) is 11.3 Å². The molecule has 1 aromatic heterocycles. The first-order chi connectivity index (χ1) is 13.0. The zero-order chi connectivity index (χ0) is 19.4. The number of nitrogens with zero attached hydrogens (tertiary/aromatic N) is 1. The number of amides is 1. The Labute approximate surface area is 156 Å². The molecule has 0 saturated carbocycles. The number of nitrogen functional groups attached to an aromatic ring is 1. The van der Waals surface area contributed by atoms with Gasteiger partial charge in [0.25, 0.3) is 5.91 Å². The highest BCUT2D eigenvalue weighted by molar-refractivity contribution is 6.00. The van der Waals surface area contributed by atoms with E-state index in [-0.39, 0.29) is 11.4 Å². The lowest BCUT2D eigenvalue weighted by atomic mass is 10.1.